The first-order valence-corrected chi connectivity index (χ1v) is 7.94. The van der Waals surface area contributed by atoms with E-state index in [1.807, 2.05) is 0 Å². The molecule has 110 valence electrons. The summed E-state index contributed by atoms with van der Waals surface area (Å²) in [5.41, 5.74) is 0. The zero-order valence-corrected chi connectivity index (χ0v) is 11.8. The third-order valence-corrected chi connectivity index (χ3v) is 5.42. The Morgan fingerprint density at radius 1 is 1.32 bits per heavy atom. The number of ether oxygens (including phenoxy) is 1. The molecule has 1 N–H and O–H groups in total. The zero-order chi connectivity index (χ0) is 14.0. The van der Waals surface area contributed by atoms with E-state index < -0.39 is 16.3 Å². The van der Waals surface area contributed by atoms with Gasteiger partial charge in [0, 0.05) is 26.2 Å². The van der Waals surface area contributed by atoms with E-state index in [4.69, 9.17) is 4.74 Å². The van der Waals surface area contributed by atoms with Crippen molar-refractivity contribution in [1.82, 2.24) is 8.61 Å². The van der Waals surface area contributed by atoms with Crippen molar-refractivity contribution in [2.24, 2.45) is 5.92 Å². The molecule has 0 aliphatic carbocycles. The fraction of sp³-hybridized carbons (Fsp3) is 0.909. The molecule has 8 heteroatoms. The molecule has 0 spiro atoms. The van der Waals surface area contributed by atoms with E-state index in [1.54, 1.807) is 6.92 Å². The third-order valence-electron chi connectivity index (χ3n) is 3.49. The first kappa shape index (κ1) is 14.7. The monoisotopic (exact) mass is 292 g/mol. The van der Waals surface area contributed by atoms with Crippen LogP contribution in [0.25, 0.3) is 0 Å². The molecular formula is C11H20N2O5S. The lowest BCUT2D eigenvalue weighted by molar-refractivity contribution is -0.149. The fourth-order valence-electron chi connectivity index (χ4n) is 2.37. The van der Waals surface area contributed by atoms with Crippen LogP contribution in [-0.2, 0) is 19.7 Å². The second kappa shape index (κ2) is 5.74. The number of β-amino-alcohol motifs (C(OH)–C–C–N with tert-alkyl or cyclic N) is 1. The van der Waals surface area contributed by atoms with Gasteiger partial charge in [-0.3, -0.25) is 4.79 Å². The van der Waals surface area contributed by atoms with Crippen molar-refractivity contribution in [2.75, 3.05) is 32.8 Å². The summed E-state index contributed by atoms with van der Waals surface area (Å²) < 4.78 is 32.0. The fourth-order valence-corrected chi connectivity index (χ4v) is 4.15. The molecule has 2 aliphatic rings. The first-order chi connectivity index (χ1) is 8.95. The van der Waals surface area contributed by atoms with E-state index in [0.717, 1.165) is 0 Å². The summed E-state index contributed by atoms with van der Waals surface area (Å²) in [6.45, 7) is 2.92. The highest BCUT2D eigenvalue weighted by Gasteiger charge is 2.41. The Labute approximate surface area is 113 Å². The summed E-state index contributed by atoms with van der Waals surface area (Å²) in [6, 6.07) is 0. The predicted molar refractivity (Wildman–Crippen MR) is 67.4 cm³/mol. The highest BCUT2D eigenvalue weighted by Crippen LogP contribution is 2.24. The van der Waals surface area contributed by atoms with Crippen LogP contribution in [0.15, 0.2) is 0 Å². The zero-order valence-electron chi connectivity index (χ0n) is 11.0. The molecule has 0 aromatic heterocycles. The van der Waals surface area contributed by atoms with Crippen LogP contribution in [0.2, 0.25) is 0 Å². The first-order valence-electron chi connectivity index (χ1n) is 6.55. The minimum Gasteiger partial charge on any atom is -0.466 e. The van der Waals surface area contributed by atoms with Gasteiger partial charge in [-0.25, -0.2) is 0 Å². The Hall–Kier alpha value is -0.700. The van der Waals surface area contributed by atoms with E-state index in [2.05, 4.69) is 0 Å². The number of rotatable bonds is 4. The van der Waals surface area contributed by atoms with Crippen LogP contribution >= 0.6 is 0 Å². The number of carbonyl (C=O) groups excluding carboxylic acids is 1. The number of aliphatic hydroxyl groups is 1. The number of esters is 1. The van der Waals surface area contributed by atoms with Crippen LogP contribution in [0, 0.1) is 5.92 Å². The number of hydrogen-bond donors (Lipinski definition) is 1. The number of piperidine rings is 1. The molecule has 0 radical (unpaired) electrons. The van der Waals surface area contributed by atoms with Crippen molar-refractivity contribution in [1.29, 1.82) is 0 Å². The summed E-state index contributed by atoms with van der Waals surface area (Å²) in [4.78, 5) is 11.7. The quantitative estimate of drug-likeness (QED) is 0.684. The molecule has 0 bridgehead atoms. The molecule has 1 unspecified atom stereocenters. The van der Waals surface area contributed by atoms with Gasteiger partial charge >= 0.3 is 5.97 Å². The molecule has 0 aromatic rings. The van der Waals surface area contributed by atoms with Crippen molar-refractivity contribution in [2.45, 2.75) is 25.9 Å². The molecule has 0 aromatic carbocycles. The second-order valence-corrected chi connectivity index (χ2v) is 6.86. The van der Waals surface area contributed by atoms with Crippen LogP contribution < -0.4 is 0 Å². The van der Waals surface area contributed by atoms with E-state index in [-0.39, 0.29) is 31.5 Å². The van der Waals surface area contributed by atoms with Gasteiger partial charge in [0.05, 0.1) is 18.6 Å². The molecule has 0 saturated carbocycles. The molecular weight excluding hydrogens is 272 g/mol. The third kappa shape index (κ3) is 3.07. The molecule has 2 saturated heterocycles. The smallest absolute Gasteiger partial charge is 0.310 e. The van der Waals surface area contributed by atoms with Crippen molar-refractivity contribution >= 4 is 16.2 Å². The van der Waals surface area contributed by atoms with Gasteiger partial charge in [-0.1, -0.05) is 0 Å². The maximum atomic E-state index is 12.2. The van der Waals surface area contributed by atoms with Gasteiger partial charge < -0.3 is 9.84 Å². The number of carbonyl (C=O) groups is 1. The van der Waals surface area contributed by atoms with E-state index in [0.29, 0.717) is 26.0 Å². The van der Waals surface area contributed by atoms with Crippen molar-refractivity contribution in [3.63, 3.8) is 0 Å². The Kier molecular flexibility index (Phi) is 4.44. The Morgan fingerprint density at radius 2 is 2.00 bits per heavy atom. The van der Waals surface area contributed by atoms with Crippen molar-refractivity contribution in [3.8, 4) is 0 Å². The van der Waals surface area contributed by atoms with Crippen LogP contribution in [-0.4, -0.2) is 67.0 Å². The highest BCUT2D eigenvalue weighted by atomic mass is 32.2. The maximum absolute atomic E-state index is 12.2. The summed E-state index contributed by atoms with van der Waals surface area (Å²) in [5.74, 6) is -0.708. The molecule has 1 atom stereocenters. The molecule has 2 rings (SSSR count). The largest absolute Gasteiger partial charge is 0.466 e. The van der Waals surface area contributed by atoms with Gasteiger partial charge in [0.2, 0.25) is 0 Å². The van der Waals surface area contributed by atoms with Crippen molar-refractivity contribution in [3.05, 3.63) is 0 Å². The lowest BCUT2D eigenvalue weighted by atomic mass is 10.0. The second-order valence-electron chi connectivity index (χ2n) is 4.93. The number of aliphatic hydroxyl groups excluding tert-OH is 1. The molecule has 7 nitrogen and oxygen atoms in total. The van der Waals surface area contributed by atoms with Gasteiger partial charge in [-0.05, 0) is 19.8 Å². The molecule has 2 heterocycles. The van der Waals surface area contributed by atoms with E-state index in [9.17, 15) is 18.3 Å². The van der Waals surface area contributed by atoms with Crippen LogP contribution in [0.4, 0.5) is 0 Å². The van der Waals surface area contributed by atoms with E-state index in [1.165, 1.54) is 8.61 Å². The van der Waals surface area contributed by atoms with Crippen LogP contribution in [0.3, 0.4) is 0 Å². The lowest BCUT2D eigenvalue weighted by Gasteiger charge is -2.40. The maximum Gasteiger partial charge on any atom is 0.310 e. The summed E-state index contributed by atoms with van der Waals surface area (Å²) in [5, 5.41) is 9.19. The molecule has 19 heavy (non-hydrogen) atoms. The van der Waals surface area contributed by atoms with Crippen LogP contribution in [0.1, 0.15) is 19.8 Å². The molecule has 2 aliphatic heterocycles. The number of hydrogen-bond acceptors (Lipinski definition) is 5. The topological polar surface area (TPSA) is 87.2 Å². The number of nitrogens with zero attached hydrogens (tertiary/aromatic N) is 2. The predicted octanol–water partition coefficient (Wildman–Crippen LogP) is -0.817. The lowest BCUT2D eigenvalue weighted by Crippen LogP contribution is -2.59. The Morgan fingerprint density at radius 3 is 2.58 bits per heavy atom. The van der Waals surface area contributed by atoms with E-state index >= 15 is 0 Å². The van der Waals surface area contributed by atoms with Crippen LogP contribution in [0.5, 0.6) is 0 Å². The SMILES string of the molecule is CCOC(=O)C1CCCN(S(=O)(=O)N2CC(O)C2)C1. The van der Waals surface area contributed by atoms with Gasteiger partial charge in [0.25, 0.3) is 10.2 Å². The Bertz CT molecular complexity index is 432. The normalized spacial score (nSPS) is 26.9. The van der Waals surface area contributed by atoms with Crippen molar-refractivity contribution < 1.29 is 23.1 Å². The Balaban J connectivity index is 1.99. The van der Waals surface area contributed by atoms with Gasteiger partial charge in [-0.15, -0.1) is 0 Å². The average molecular weight is 292 g/mol. The summed E-state index contributed by atoms with van der Waals surface area (Å²) in [7, 11) is -3.54. The summed E-state index contributed by atoms with van der Waals surface area (Å²) >= 11 is 0. The van der Waals surface area contributed by atoms with Gasteiger partial charge in [-0.2, -0.15) is 17.0 Å². The summed E-state index contributed by atoms with van der Waals surface area (Å²) in [6.07, 6.45) is 0.743. The minimum atomic E-state index is -3.54. The molecule has 0 amide bonds. The molecule has 2 fully saturated rings. The average Bonchev–Trinajstić information content (AvgIpc) is 2.35. The minimum absolute atomic E-state index is 0.142. The van der Waals surface area contributed by atoms with Gasteiger partial charge in [0.15, 0.2) is 0 Å². The standard InChI is InChI=1S/C11H20N2O5S/c1-2-18-11(15)9-4-3-5-12(6-9)19(16,17)13-7-10(14)8-13/h9-10,14H,2-8H2,1H3. The highest BCUT2D eigenvalue weighted by molar-refractivity contribution is 7.86. The van der Waals surface area contributed by atoms with Gasteiger partial charge in [0.1, 0.15) is 0 Å².